The van der Waals surface area contributed by atoms with E-state index in [0.29, 0.717) is 0 Å². The summed E-state index contributed by atoms with van der Waals surface area (Å²) < 4.78 is 44.3. The summed E-state index contributed by atoms with van der Waals surface area (Å²) in [5.41, 5.74) is -1.14. The molecule has 0 amide bonds. The van der Waals surface area contributed by atoms with Crippen LogP contribution in [0.15, 0.2) is 33.7 Å². The van der Waals surface area contributed by atoms with Gasteiger partial charge < -0.3 is 22.8 Å². The molecule has 1 aromatic heterocycles. The highest BCUT2D eigenvalue weighted by Crippen LogP contribution is 2.51. The Morgan fingerprint density at radius 3 is 2.51 bits per heavy atom. The summed E-state index contributed by atoms with van der Waals surface area (Å²) in [4.78, 5) is 26.1. The summed E-state index contributed by atoms with van der Waals surface area (Å²) in [6.45, 7) is 8.27. The molecule has 1 N–H and O–H groups in total. The Labute approximate surface area is 206 Å². The zero-order chi connectivity index (χ0) is 26.2. The van der Waals surface area contributed by atoms with Gasteiger partial charge in [0.1, 0.15) is 12.3 Å². The first-order valence-corrected chi connectivity index (χ1v) is 13.9. The molecule has 1 aliphatic rings. The number of hydrogen-bond donors (Lipinski definition) is 1. The fraction of sp³-hybridized carbons (Fsp3) is 0.667. The molecular formula is C21H34N4O8P2. The molecule has 1 fully saturated rings. The number of nitriles is 1. The first kappa shape index (κ1) is 29.6. The second kappa shape index (κ2) is 13.6. The fourth-order valence-electron chi connectivity index (χ4n) is 3.56. The molecular weight excluding hydrogens is 498 g/mol. The first-order valence-electron chi connectivity index (χ1n) is 11.2. The molecule has 35 heavy (non-hydrogen) atoms. The standard InChI is InChI=1S/C21H34N4O8P2/c1-15(2)25(16(3)4)34(31-12-7-10-22)33-18-14-20(24-11-8-19(26)23-21(24)27)32-17(18)9-13-35(28,29-5)30-6/h8-9,11,13,15-18,20H,7,12,14H2,1-6H3,(H,23,26,27)/b13-9+/t17-,18+,20-,34?/m1/s1. The van der Waals surface area contributed by atoms with Gasteiger partial charge in [-0.15, -0.1) is 0 Å². The maximum absolute atomic E-state index is 12.6. The van der Waals surface area contributed by atoms with Crippen molar-refractivity contribution in [3.63, 3.8) is 0 Å². The minimum Gasteiger partial charge on any atom is -0.348 e. The molecule has 1 unspecified atom stereocenters. The number of rotatable bonds is 13. The van der Waals surface area contributed by atoms with Crippen LogP contribution in [0.5, 0.6) is 0 Å². The van der Waals surface area contributed by atoms with Crippen LogP contribution in [-0.2, 0) is 27.4 Å². The third kappa shape index (κ3) is 8.17. The third-order valence-corrected chi connectivity index (χ3v) is 8.84. The molecule has 0 radical (unpaired) electrons. The minimum atomic E-state index is -3.48. The van der Waals surface area contributed by atoms with E-state index in [1.165, 1.54) is 42.9 Å². The van der Waals surface area contributed by atoms with Crippen molar-refractivity contribution in [1.82, 2.24) is 14.2 Å². The lowest BCUT2D eigenvalue weighted by molar-refractivity contribution is 0.00579. The van der Waals surface area contributed by atoms with Gasteiger partial charge in [0.2, 0.25) is 0 Å². The van der Waals surface area contributed by atoms with Gasteiger partial charge in [-0.25, -0.2) is 9.46 Å². The summed E-state index contributed by atoms with van der Waals surface area (Å²) in [6.07, 6.45) is 1.23. The maximum Gasteiger partial charge on any atom is 0.353 e. The summed E-state index contributed by atoms with van der Waals surface area (Å²) in [5, 5.41) is 8.95. The Hall–Kier alpha value is -1.67. The van der Waals surface area contributed by atoms with Gasteiger partial charge in [-0.1, -0.05) is 0 Å². The highest BCUT2D eigenvalue weighted by atomic mass is 31.2. The van der Waals surface area contributed by atoms with E-state index in [0.717, 1.165) is 0 Å². The highest BCUT2D eigenvalue weighted by molar-refractivity contribution is 7.57. The second-order valence-electron chi connectivity index (χ2n) is 8.25. The summed E-state index contributed by atoms with van der Waals surface area (Å²) in [6, 6.07) is 3.45. The molecule has 0 aliphatic carbocycles. The zero-order valence-corrected chi connectivity index (χ0v) is 22.6. The van der Waals surface area contributed by atoms with Crippen LogP contribution < -0.4 is 11.2 Å². The van der Waals surface area contributed by atoms with E-state index in [9.17, 15) is 14.2 Å². The van der Waals surface area contributed by atoms with E-state index < -0.39 is 45.8 Å². The van der Waals surface area contributed by atoms with Gasteiger partial charge in [-0.2, -0.15) is 5.26 Å². The molecule has 0 spiro atoms. The summed E-state index contributed by atoms with van der Waals surface area (Å²) in [7, 11) is -2.55. The number of nitrogens with one attached hydrogen (secondary N) is 1. The van der Waals surface area contributed by atoms with Crippen LogP contribution in [0, 0.1) is 11.3 Å². The van der Waals surface area contributed by atoms with E-state index in [1.807, 2.05) is 27.7 Å². The van der Waals surface area contributed by atoms with Crippen molar-refractivity contribution in [2.75, 3.05) is 20.8 Å². The van der Waals surface area contributed by atoms with Gasteiger partial charge in [0.05, 0.1) is 25.2 Å². The Morgan fingerprint density at radius 1 is 1.31 bits per heavy atom. The quantitative estimate of drug-likeness (QED) is 0.296. The molecule has 0 aromatic carbocycles. The van der Waals surface area contributed by atoms with Crippen LogP contribution in [-0.4, -0.2) is 59.3 Å². The van der Waals surface area contributed by atoms with Crippen molar-refractivity contribution in [3.05, 3.63) is 45.0 Å². The van der Waals surface area contributed by atoms with Crippen LogP contribution in [0.25, 0.3) is 0 Å². The predicted octanol–water partition coefficient (Wildman–Crippen LogP) is 3.48. The number of aromatic amines is 1. The number of nitrogens with zero attached hydrogens (tertiary/aromatic N) is 3. The maximum atomic E-state index is 12.6. The van der Waals surface area contributed by atoms with Gasteiger partial charge in [-0.3, -0.25) is 18.9 Å². The number of hydrogen-bond acceptors (Lipinski definition) is 10. The van der Waals surface area contributed by atoms with Gasteiger partial charge >= 0.3 is 13.3 Å². The van der Waals surface area contributed by atoms with Gasteiger partial charge in [-0.05, 0) is 33.8 Å². The highest BCUT2D eigenvalue weighted by Gasteiger charge is 2.40. The van der Waals surface area contributed by atoms with Crippen LogP contribution in [0.3, 0.4) is 0 Å². The van der Waals surface area contributed by atoms with Crippen LogP contribution >= 0.6 is 16.1 Å². The van der Waals surface area contributed by atoms with E-state index in [2.05, 4.69) is 15.7 Å². The van der Waals surface area contributed by atoms with Crippen LogP contribution in [0.1, 0.15) is 46.8 Å². The molecule has 0 bridgehead atoms. The van der Waals surface area contributed by atoms with Gasteiger partial charge in [0, 0.05) is 50.8 Å². The normalized spacial score (nSPS) is 21.9. The van der Waals surface area contributed by atoms with Gasteiger partial charge in [0.25, 0.3) is 14.1 Å². The Bertz CT molecular complexity index is 1030. The topological polar surface area (TPSA) is 145 Å². The summed E-state index contributed by atoms with van der Waals surface area (Å²) in [5.74, 6) is 1.29. The monoisotopic (exact) mass is 532 g/mol. The van der Waals surface area contributed by atoms with E-state index in [-0.39, 0.29) is 31.5 Å². The molecule has 14 heteroatoms. The van der Waals surface area contributed by atoms with Crippen molar-refractivity contribution in [2.45, 2.75) is 71.1 Å². The third-order valence-electron chi connectivity index (χ3n) is 5.13. The van der Waals surface area contributed by atoms with E-state index in [1.54, 1.807) is 0 Å². The van der Waals surface area contributed by atoms with Crippen molar-refractivity contribution in [3.8, 4) is 6.07 Å². The largest absolute Gasteiger partial charge is 0.353 e. The number of aromatic nitrogens is 2. The van der Waals surface area contributed by atoms with E-state index >= 15 is 0 Å². The first-order chi connectivity index (χ1) is 16.5. The smallest absolute Gasteiger partial charge is 0.348 e. The molecule has 1 aliphatic heterocycles. The SMILES string of the molecule is COP(=O)(/C=C/[C@H]1O[C@@H](n2ccc(=O)[nH]c2=O)C[C@@H]1OP(OCCC#N)N(C(C)C)C(C)C)OC. The molecule has 2 rings (SSSR count). The minimum absolute atomic E-state index is 0.0827. The average Bonchev–Trinajstić information content (AvgIpc) is 3.19. The van der Waals surface area contributed by atoms with Crippen LogP contribution in [0.4, 0.5) is 0 Å². The Balaban J connectivity index is 2.39. The lowest BCUT2D eigenvalue weighted by Crippen LogP contribution is -2.35. The summed E-state index contributed by atoms with van der Waals surface area (Å²) >= 11 is 0. The van der Waals surface area contributed by atoms with Crippen molar-refractivity contribution in [1.29, 1.82) is 5.26 Å². The molecule has 196 valence electrons. The van der Waals surface area contributed by atoms with E-state index in [4.69, 9.17) is 28.1 Å². The second-order valence-corrected chi connectivity index (χ2v) is 11.8. The lowest BCUT2D eigenvalue weighted by atomic mass is 10.2. The molecule has 12 nitrogen and oxygen atoms in total. The Kier molecular flexibility index (Phi) is 11.5. The van der Waals surface area contributed by atoms with Crippen molar-refractivity contribution < 1.29 is 27.4 Å². The lowest BCUT2D eigenvalue weighted by Gasteiger charge is -2.37. The van der Waals surface area contributed by atoms with Crippen LogP contribution in [0.2, 0.25) is 0 Å². The number of H-pyrrole nitrogens is 1. The van der Waals surface area contributed by atoms with Crippen molar-refractivity contribution in [2.24, 2.45) is 0 Å². The molecule has 1 saturated heterocycles. The zero-order valence-electron chi connectivity index (χ0n) is 20.8. The molecule has 1 aromatic rings. The molecule has 0 saturated carbocycles. The average molecular weight is 532 g/mol. The molecule has 4 atom stereocenters. The Morgan fingerprint density at radius 2 is 1.97 bits per heavy atom. The number of ether oxygens (including phenoxy) is 1. The predicted molar refractivity (Wildman–Crippen MR) is 131 cm³/mol. The fourth-order valence-corrected chi connectivity index (χ4v) is 6.07. The van der Waals surface area contributed by atoms with Gasteiger partial charge in [0.15, 0.2) is 0 Å². The molecule has 2 heterocycles. The van der Waals surface area contributed by atoms with Crippen molar-refractivity contribution >= 4 is 16.1 Å².